The number of hydrogen-bond acceptors (Lipinski definition) is 2. The highest BCUT2D eigenvalue weighted by atomic mass is 16.5. The van der Waals surface area contributed by atoms with Gasteiger partial charge in [-0.1, -0.05) is 42.0 Å². The van der Waals surface area contributed by atoms with Gasteiger partial charge in [-0.25, -0.2) is 0 Å². The second-order valence-corrected chi connectivity index (χ2v) is 5.32. The Hall–Kier alpha value is -2.29. The van der Waals surface area contributed by atoms with Crippen molar-refractivity contribution in [2.45, 2.75) is 27.3 Å². The first-order valence-corrected chi connectivity index (χ1v) is 7.07. The van der Waals surface area contributed by atoms with Crippen LogP contribution in [0.2, 0.25) is 0 Å². The van der Waals surface area contributed by atoms with Crippen molar-refractivity contribution < 1.29 is 9.53 Å². The number of rotatable bonds is 5. The molecule has 0 aromatic heterocycles. The maximum absolute atomic E-state index is 11.8. The van der Waals surface area contributed by atoms with Crippen LogP contribution in [-0.4, -0.2) is 12.5 Å². The summed E-state index contributed by atoms with van der Waals surface area (Å²) in [6, 6.07) is 14.1. The molecular formula is C18H21NO2. The van der Waals surface area contributed by atoms with Gasteiger partial charge in [-0.05, 0) is 43.5 Å². The molecule has 0 saturated heterocycles. The molecule has 0 radical (unpaired) electrons. The predicted octanol–water partition coefficient (Wildman–Crippen LogP) is 3.31. The molecule has 0 aliphatic carbocycles. The SMILES string of the molecule is Cc1cccc(CNC(=O)COc2cc(C)ccc2C)c1. The Morgan fingerprint density at radius 2 is 1.81 bits per heavy atom. The van der Waals surface area contributed by atoms with E-state index in [0.717, 1.165) is 22.4 Å². The molecule has 0 bridgehead atoms. The lowest BCUT2D eigenvalue weighted by atomic mass is 10.1. The Kier molecular flexibility index (Phi) is 4.99. The summed E-state index contributed by atoms with van der Waals surface area (Å²) >= 11 is 0. The number of hydrogen-bond donors (Lipinski definition) is 1. The van der Waals surface area contributed by atoms with Crippen LogP contribution in [0.25, 0.3) is 0 Å². The molecule has 0 aliphatic rings. The molecule has 21 heavy (non-hydrogen) atoms. The average molecular weight is 283 g/mol. The number of carbonyl (C=O) groups is 1. The molecule has 0 heterocycles. The molecule has 0 unspecified atom stereocenters. The minimum Gasteiger partial charge on any atom is -0.483 e. The van der Waals surface area contributed by atoms with Crippen LogP contribution < -0.4 is 10.1 Å². The molecule has 0 fully saturated rings. The molecule has 0 atom stereocenters. The largest absolute Gasteiger partial charge is 0.483 e. The molecule has 1 amide bonds. The van der Waals surface area contributed by atoms with Gasteiger partial charge in [-0.3, -0.25) is 4.79 Å². The van der Waals surface area contributed by atoms with Crippen LogP contribution in [0, 0.1) is 20.8 Å². The van der Waals surface area contributed by atoms with Crippen LogP contribution in [-0.2, 0) is 11.3 Å². The molecule has 2 aromatic rings. The van der Waals surface area contributed by atoms with Crippen LogP contribution in [0.1, 0.15) is 22.3 Å². The molecule has 3 heteroatoms. The van der Waals surface area contributed by atoms with Gasteiger partial charge in [-0.15, -0.1) is 0 Å². The molecule has 110 valence electrons. The van der Waals surface area contributed by atoms with Crippen LogP contribution in [0.3, 0.4) is 0 Å². The van der Waals surface area contributed by atoms with Gasteiger partial charge in [0.05, 0.1) is 0 Å². The second-order valence-electron chi connectivity index (χ2n) is 5.32. The maximum atomic E-state index is 11.8. The monoisotopic (exact) mass is 283 g/mol. The number of nitrogens with one attached hydrogen (secondary N) is 1. The summed E-state index contributed by atoms with van der Waals surface area (Å²) in [5.41, 5.74) is 4.44. The number of ether oxygens (including phenoxy) is 1. The molecule has 0 aliphatic heterocycles. The molecule has 0 spiro atoms. The van der Waals surface area contributed by atoms with Crippen molar-refractivity contribution in [3.05, 3.63) is 64.7 Å². The van der Waals surface area contributed by atoms with Gasteiger partial charge in [0.1, 0.15) is 5.75 Å². The fourth-order valence-corrected chi connectivity index (χ4v) is 2.08. The lowest BCUT2D eigenvalue weighted by molar-refractivity contribution is -0.123. The minimum absolute atomic E-state index is 0.0378. The van der Waals surface area contributed by atoms with E-state index in [1.807, 2.05) is 57.2 Å². The second kappa shape index (κ2) is 6.93. The van der Waals surface area contributed by atoms with Crippen LogP contribution >= 0.6 is 0 Å². The Morgan fingerprint density at radius 3 is 2.57 bits per heavy atom. The minimum atomic E-state index is -0.114. The maximum Gasteiger partial charge on any atom is 0.258 e. The lowest BCUT2D eigenvalue weighted by Gasteiger charge is -2.10. The van der Waals surface area contributed by atoms with E-state index >= 15 is 0 Å². The Balaban J connectivity index is 1.83. The Morgan fingerprint density at radius 1 is 1.05 bits per heavy atom. The van der Waals surface area contributed by atoms with Gasteiger partial charge in [0.2, 0.25) is 0 Å². The van der Waals surface area contributed by atoms with Crippen LogP contribution in [0.15, 0.2) is 42.5 Å². The van der Waals surface area contributed by atoms with Crippen molar-refractivity contribution >= 4 is 5.91 Å². The fourth-order valence-electron chi connectivity index (χ4n) is 2.08. The van der Waals surface area contributed by atoms with E-state index < -0.39 is 0 Å². The number of amides is 1. The summed E-state index contributed by atoms with van der Waals surface area (Å²) in [7, 11) is 0. The molecular weight excluding hydrogens is 262 g/mol. The summed E-state index contributed by atoms with van der Waals surface area (Å²) in [4.78, 5) is 11.8. The van der Waals surface area contributed by atoms with Crippen molar-refractivity contribution in [2.75, 3.05) is 6.61 Å². The van der Waals surface area contributed by atoms with Gasteiger partial charge in [-0.2, -0.15) is 0 Å². The first-order chi connectivity index (χ1) is 10.0. The Bertz CT molecular complexity index is 635. The summed E-state index contributed by atoms with van der Waals surface area (Å²) in [5.74, 6) is 0.651. The summed E-state index contributed by atoms with van der Waals surface area (Å²) in [6.45, 7) is 6.57. The average Bonchev–Trinajstić information content (AvgIpc) is 2.46. The van der Waals surface area contributed by atoms with Crippen molar-refractivity contribution in [1.82, 2.24) is 5.32 Å². The predicted molar refractivity (Wildman–Crippen MR) is 84.4 cm³/mol. The first-order valence-electron chi connectivity index (χ1n) is 7.07. The topological polar surface area (TPSA) is 38.3 Å². The molecule has 2 rings (SSSR count). The van der Waals surface area contributed by atoms with E-state index in [-0.39, 0.29) is 12.5 Å². The van der Waals surface area contributed by atoms with E-state index in [0.29, 0.717) is 6.54 Å². The summed E-state index contributed by atoms with van der Waals surface area (Å²) in [5, 5.41) is 2.87. The number of carbonyl (C=O) groups excluding carboxylic acids is 1. The molecule has 3 nitrogen and oxygen atoms in total. The third-order valence-corrected chi connectivity index (χ3v) is 3.27. The third-order valence-electron chi connectivity index (χ3n) is 3.27. The van der Waals surface area contributed by atoms with E-state index in [1.54, 1.807) is 0 Å². The summed E-state index contributed by atoms with van der Waals surface area (Å²) < 4.78 is 5.58. The quantitative estimate of drug-likeness (QED) is 0.914. The number of aryl methyl sites for hydroxylation is 3. The highest BCUT2D eigenvalue weighted by Gasteiger charge is 2.05. The zero-order valence-electron chi connectivity index (χ0n) is 12.8. The van der Waals surface area contributed by atoms with E-state index in [4.69, 9.17) is 4.74 Å². The summed E-state index contributed by atoms with van der Waals surface area (Å²) in [6.07, 6.45) is 0. The van der Waals surface area contributed by atoms with Gasteiger partial charge in [0, 0.05) is 6.54 Å². The first kappa shape index (κ1) is 15.1. The van der Waals surface area contributed by atoms with Crippen molar-refractivity contribution in [3.63, 3.8) is 0 Å². The van der Waals surface area contributed by atoms with Crippen molar-refractivity contribution in [3.8, 4) is 5.75 Å². The number of benzene rings is 2. The van der Waals surface area contributed by atoms with E-state index in [2.05, 4.69) is 11.4 Å². The van der Waals surface area contributed by atoms with Gasteiger partial charge >= 0.3 is 0 Å². The third kappa shape index (κ3) is 4.63. The lowest BCUT2D eigenvalue weighted by Crippen LogP contribution is -2.28. The van der Waals surface area contributed by atoms with Crippen molar-refractivity contribution in [2.24, 2.45) is 0 Å². The van der Waals surface area contributed by atoms with Gasteiger partial charge in [0.15, 0.2) is 6.61 Å². The Labute approximate surface area is 126 Å². The van der Waals surface area contributed by atoms with Crippen molar-refractivity contribution in [1.29, 1.82) is 0 Å². The smallest absolute Gasteiger partial charge is 0.258 e. The normalized spacial score (nSPS) is 10.2. The van der Waals surface area contributed by atoms with Gasteiger partial charge in [0.25, 0.3) is 5.91 Å². The fraction of sp³-hybridized carbons (Fsp3) is 0.278. The van der Waals surface area contributed by atoms with Gasteiger partial charge < -0.3 is 10.1 Å². The molecule has 1 N–H and O–H groups in total. The van der Waals surface area contributed by atoms with Crippen LogP contribution in [0.5, 0.6) is 5.75 Å². The van der Waals surface area contributed by atoms with Crippen LogP contribution in [0.4, 0.5) is 0 Å². The standard InChI is InChI=1S/C18H21NO2/c1-13-5-4-6-16(9-13)11-19-18(20)12-21-17-10-14(2)7-8-15(17)3/h4-10H,11-12H2,1-3H3,(H,19,20). The molecule has 0 saturated carbocycles. The van der Waals surface area contributed by atoms with E-state index in [9.17, 15) is 4.79 Å². The highest BCUT2D eigenvalue weighted by Crippen LogP contribution is 2.18. The highest BCUT2D eigenvalue weighted by molar-refractivity contribution is 5.77. The zero-order valence-corrected chi connectivity index (χ0v) is 12.8. The van der Waals surface area contributed by atoms with E-state index in [1.165, 1.54) is 5.56 Å². The molecule has 2 aromatic carbocycles. The zero-order chi connectivity index (χ0) is 15.2.